The van der Waals surface area contributed by atoms with Gasteiger partial charge in [-0.05, 0) is 38.3 Å². The van der Waals surface area contributed by atoms with E-state index < -0.39 is 10.0 Å². The molecule has 1 aliphatic heterocycles. The van der Waals surface area contributed by atoms with Gasteiger partial charge in [0.15, 0.2) is 0 Å². The van der Waals surface area contributed by atoms with Gasteiger partial charge in [-0.25, -0.2) is 18.1 Å². The van der Waals surface area contributed by atoms with Gasteiger partial charge < -0.3 is 4.90 Å². The van der Waals surface area contributed by atoms with E-state index in [1.807, 2.05) is 32.0 Å². The molecule has 20 heavy (non-hydrogen) atoms. The first-order valence-electron chi connectivity index (χ1n) is 7.19. The Kier molecular flexibility index (Phi) is 4.99. The number of piperidine rings is 1. The Morgan fingerprint density at radius 2 is 2.05 bits per heavy atom. The molecule has 6 heteroatoms. The van der Waals surface area contributed by atoms with Crippen LogP contribution in [0, 0.1) is 6.92 Å². The molecule has 2 heterocycles. The van der Waals surface area contributed by atoms with Crippen molar-refractivity contribution in [3.8, 4) is 0 Å². The zero-order chi connectivity index (χ0) is 14.6. The molecule has 1 saturated heterocycles. The van der Waals surface area contributed by atoms with Gasteiger partial charge >= 0.3 is 0 Å². The predicted molar refractivity (Wildman–Crippen MR) is 81.4 cm³/mol. The van der Waals surface area contributed by atoms with E-state index in [1.165, 1.54) is 0 Å². The summed E-state index contributed by atoms with van der Waals surface area (Å²) in [7, 11) is -3.10. The largest absolute Gasteiger partial charge is 0.356 e. The molecule has 1 fully saturated rings. The Morgan fingerprint density at radius 3 is 2.65 bits per heavy atom. The molecule has 1 aliphatic rings. The number of nitrogens with zero attached hydrogens (tertiary/aromatic N) is 2. The van der Waals surface area contributed by atoms with Crippen molar-refractivity contribution in [1.82, 2.24) is 9.71 Å². The fourth-order valence-electron chi connectivity index (χ4n) is 2.51. The summed E-state index contributed by atoms with van der Waals surface area (Å²) in [4.78, 5) is 6.73. The summed E-state index contributed by atoms with van der Waals surface area (Å²) in [6, 6.07) is 6.06. The van der Waals surface area contributed by atoms with Crippen molar-refractivity contribution in [2.45, 2.75) is 39.2 Å². The van der Waals surface area contributed by atoms with Crippen LogP contribution in [0.3, 0.4) is 0 Å². The maximum atomic E-state index is 11.8. The highest BCUT2D eigenvalue weighted by Gasteiger charge is 2.23. The Hall–Kier alpha value is -1.14. The third-order valence-corrected chi connectivity index (χ3v) is 5.15. The Morgan fingerprint density at radius 1 is 1.35 bits per heavy atom. The molecule has 5 nitrogen and oxygen atoms in total. The lowest BCUT2D eigenvalue weighted by Crippen LogP contribution is -2.45. The third-order valence-electron chi connectivity index (χ3n) is 3.51. The molecule has 0 spiro atoms. The van der Waals surface area contributed by atoms with E-state index in [9.17, 15) is 8.42 Å². The van der Waals surface area contributed by atoms with Crippen molar-refractivity contribution in [2.75, 3.05) is 23.7 Å². The fraction of sp³-hybridized carbons (Fsp3) is 0.643. The molecule has 1 aromatic heterocycles. The summed E-state index contributed by atoms with van der Waals surface area (Å²) in [5.41, 5.74) is 1.01. The van der Waals surface area contributed by atoms with Crippen LogP contribution in [0.4, 0.5) is 5.82 Å². The van der Waals surface area contributed by atoms with Gasteiger partial charge in [0.1, 0.15) is 5.82 Å². The standard InChI is InChI=1S/C14H23N3O2S/c1-3-11-20(18,19)16-13-7-9-17(10-8-13)14-6-4-5-12(2)15-14/h4-6,13,16H,3,7-11H2,1-2H3. The van der Waals surface area contributed by atoms with Crippen LogP contribution in [0.5, 0.6) is 0 Å². The van der Waals surface area contributed by atoms with Crippen LogP contribution >= 0.6 is 0 Å². The number of hydrogen-bond acceptors (Lipinski definition) is 4. The summed E-state index contributed by atoms with van der Waals surface area (Å²) in [5.74, 6) is 1.20. The second-order valence-corrected chi connectivity index (χ2v) is 7.21. The molecule has 2 rings (SSSR count). The highest BCUT2D eigenvalue weighted by molar-refractivity contribution is 7.89. The van der Waals surface area contributed by atoms with Crippen LogP contribution in [0.1, 0.15) is 31.9 Å². The van der Waals surface area contributed by atoms with Crippen molar-refractivity contribution < 1.29 is 8.42 Å². The topological polar surface area (TPSA) is 62.3 Å². The number of sulfonamides is 1. The van der Waals surface area contributed by atoms with Gasteiger partial charge in [-0.2, -0.15) is 0 Å². The van der Waals surface area contributed by atoms with E-state index in [1.54, 1.807) is 0 Å². The molecule has 1 aromatic rings. The molecule has 0 radical (unpaired) electrons. The second-order valence-electron chi connectivity index (χ2n) is 5.34. The SMILES string of the molecule is CCCS(=O)(=O)NC1CCN(c2cccc(C)n2)CC1. The molecule has 112 valence electrons. The summed E-state index contributed by atoms with van der Waals surface area (Å²) < 4.78 is 26.3. The van der Waals surface area contributed by atoms with Gasteiger partial charge in [-0.1, -0.05) is 13.0 Å². The molecule has 0 aromatic carbocycles. The quantitative estimate of drug-likeness (QED) is 0.898. The van der Waals surface area contributed by atoms with Crippen molar-refractivity contribution in [3.05, 3.63) is 23.9 Å². The predicted octanol–water partition coefficient (Wildman–Crippen LogP) is 1.69. The molecular formula is C14H23N3O2S. The van der Waals surface area contributed by atoms with E-state index in [-0.39, 0.29) is 11.8 Å². The number of nitrogens with one attached hydrogen (secondary N) is 1. The van der Waals surface area contributed by atoms with Crippen LogP contribution < -0.4 is 9.62 Å². The molecular weight excluding hydrogens is 274 g/mol. The Bertz CT molecular complexity index is 537. The average Bonchev–Trinajstić information content (AvgIpc) is 2.39. The van der Waals surface area contributed by atoms with Crippen LogP contribution in [0.15, 0.2) is 18.2 Å². The molecule has 0 bridgehead atoms. The van der Waals surface area contributed by atoms with Crippen molar-refractivity contribution >= 4 is 15.8 Å². The van der Waals surface area contributed by atoms with Gasteiger partial charge in [-0.15, -0.1) is 0 Å². The summed E-state index contributed by atoms with van der Waals surface area (Å²) in [6.07, 6.45) is 2.32. The number of pyridine rings is 1. The van der Waals surface area contributed by atoms with Crippen molar-refractivity contribution in [3.63, 3.8) is 0 Å². The number of aromatic nitrogens is 1. The van der Waals surface area contributed by atoms with Crippen LogP contribution in [0.25, 0.3) is 0 Å². The molecule has 0 atom stereocenters. The zero-order valence-corrected chi connectivity index (χ0v) is 13.0. The molecule has 0 unspecified atom stereocenters. The number of hydrogen-bond donors (Lipinski definition) is 1. The number of rotatable bonds is 5. The lowest BCUT2D eigenvalue weighted by Gasteiger charge is -2.33. The molecule has 0 amide bonds. The molecule has 1 N–H and O–H groups in total. The van der Waals surface area contributed by atoms with Crippen molar-refractivity contribution in [2.24, 2.45) is 0 Å². The maximum Gasteiger partial charge on any atom is 0.211 e. The van der Waals surface area contributed by atoms with Crippen LogP contribution in [-0.2, 0) is 10.0 Å². The number of aryl methyl sites for hydroxylation is 1. The first-order chi connectivity index (χ1) is 9.50. The van der Waals surface area contributed by atoms with Gasteiger partial charge in [0.05, 0.1) is 5.75 Å². The van der Waals surface area contributed by atoms with E-state index in [4.69, 9.17) is 0 Å². The Balaban J connectivity index is 1.90. The minimum Gasteiger partial charge on any atom is -0.356 e. The average molecular weight is 297 g/mol. The molecule has 0 saturated carbocycles. The first-order valence-corrected chi connectivity index (χ1v) is 8.84. The highest BCUT2D eigenvalue weighted by atomic mass is 32.2. The zero-order valence-electron chi connectivity index (χ0n) is 12.2. The number of anilines is 1. The smallest absolute Gasteiger partial charge is 0.211 e. The van der Waals surface area contributed by atoms with Gasteiger partial charge in [0.25, 0.3) is 0 Å². The summed E-state index contributed by atoms with van der Waals surface area (Å²) >= 11 is 0. The fourth-order valence-corrected chi connectivity index (χ4v) is 3.91. The lowest BCUT2D eigenvalue weighted by atomic mass is 10.1. The van der Waals surface area contributed by atoms with E-state index in [0.717, 1.165) is 37.4 Å². The highest BCUT2D eigenvalue weighted by Crippen LogP contribution is 2.18. The second kappa shape index (κ2) is 6.54. The lowest BCUT2D eigenvalue weighted by molar-refractivity contribution is 0.458. The van der Waals surface area contributed by atoms with E-state index >= 15 is 0 Å². The van der Waals surface area contributed by atoms with Gasteiger partial charge in [-0.3, -0.25) is 0 Å². The van der Waals surface area contributed by atoms with Crippen LogP contribution in [-0.4, -0.2) is 38.3 Å². The van der Waals surface area contributed by atoms with Gasteiger partial charge in [0, 0.05) is 24.8 Å². The maximum absolute atomic E-state index is 11.8. The van der Waals surface area contributed by atoms with E-state index in [0.29, 0.717) is 6.42 Å². The third kappa shape index (κ3) is 4.18. The molecule has 0 aliphatic carbocycles. The normalized spacial score (nSPS) is 17.4. The first kappa shape index (κ1) is 15.3. The van der Waals surface area contributed by atoms with E-state index in [2.05, 4.69) is 14.6 Å². The Labute approximate surface area is 121 Å². The minimum atomic E-state index is -3.10. The monoisotopic (exact) mass is 297 g/mol. The minimum absolute atomic E-state index is 0.0626. The van der Waals surface area contributed by atoms with Gasteiger partial charge in [0.2, 0.25) is 10.0 Å². The van der Waals surface area contributed by atoms with Crippen molar-refractivity contribution in [1.29, 1.82) is 0 Å². The summed E-state index contributed by atoms with van der Waals surface area (Å²) in [5, 5.41) is 0. The summed E-state index contributed by atoms with van der Waals surface area (Å²) in [6.45, 7) is 5.55. The van der Waals surface area contributed by atoms with Crippen LogP contribution in [0.2, 0.25) is 0 Å².